The Balaban J connectivity index is 1.48. The van der Waals surface area contributed by atoms with E-state index in [-0.39, 0.29) is 24.2 Å². The maximum absolute atomic E-state index is 13.9. The van der Waals surface area contributed by atoms with Crippen molar-refractivity contribution < 1.29 is 34.2 Å². The number of carbonyl (C=O) groups is 5. The number of Topliss-reactive ketones (excluding diaryl/α,β-unsaturated/α-hetero) is 4. The van der Waals surface area contributed by atoms with Crippen molar-refractivity contribution in [3.8, 4) is 16.9 Å². The van der Waals surface area contributed by atoms with Gasteiger partial charge in [0.2, 0.25) is 5.91 Å². The predicted octanol–water partition coefficient (Wildman–Crippen LogP) is 1.02. The first-order valence-corrected chi connectivity index (χ1v) is 13.3. The quantitative estimate of drug-likeness (QED) is 0.497. The molecule has 202 valence electrons. The Morgan fingerprint density at radius 3 is 2.44 bits per heavy atom. The van der Waals surface area contributed by atoms with Crippen LogP contribution < -0.4 is 5.73 Å². The van der Waals surface area contributed by atoms with Gasteiger partial charge in [-0.1, -0.05) is 24.3 Å². The average Bonchev–Trinajstić information content (AvgIpc) is 3.34. The number of nitrogens with two attached hydrogens (primary N) is 1. The van der Waals surface area contributed by atoms with Gasteiger partial charge in [0.05, 0.1) is 17.5 Å². The van der Waals surface area contributed by atoms with Gasteiger partial charge in [-0.3, -0.25) is 28.9 Å². The van der Waals surface area contributed by atoms with Crippen molar-refractivity contribution >= 4 is 29.0 Å². The van der Waals surface area contributed by atoms with E-state index >= 15 is 0 Å². The molecular weight excluding hydrogens is 500 g/mol. The summed E-state index contributed by atoms with van der Waals surface area (Å²) >= 11 is 0. The van der Waals surface area contributed by atoms with Gasteiger partial charge < -0.3 is 15.9 Å². The fraction of sp³-hybridized carbons (Fsp3) is 0.433. The molecule has 0 bridgehead atoms. The van der Waals surface area contributed by atoms with E-state index in [4.69, 9.17) is 5.73 Å². The molecule has 0 radical (unpaired) electrons. The zero-order chi connectivity index (χ0) is 28.0. The molecule has 2 aromatic rings. The third-order valence-corrected chi connectivity index (χ3v) is 9.35. The highest BCUT2D eigenvalue weighted by molar-refractivity contribution is 6.32. The normalized spacial score (nSPS) is 31.5. The first-order valence-electron chi connectivity index (χ1n) is 13.3. The summed E-state index contributed by atoms with van der Waals surface area (Å²) in [5, 5.41) is 22.4. The van der Waals surface area contributed by atoms with Crippen LogP contribution in [0, 0.1) is 23.7 Å². The highest BCUT2D eigenvalue weighted by Crippen LogP contribution is 2.51. The number of fused-ring (bicyclic) bond motifs is 4. The molecule has 0 aliphatic heterocycles. The van der Waals surface area contributed by atoms with E-state index < -0.39 is 64.4 Å². The fourth-order valence-electron chi connectivity index (χ4n) is 7.61. The lowest BCUT2D eigenvalue weighted by molar-refractivity contribution is -0.181. The van der Waals surface area contributed by atoms with Gasteiger partial charge in [0.1, 0.15) is 5.75 Å². The minimum atomic E-state index is -2.72. The van der Waals surface area contributed by atoms with Crippen molar-refractivity contribution in [1.82, 2.24) is 4.90 Å². The van der Waals surface area contributed by atoms with Gasteiger partial charge >= 0.3 is 0 Å². The van der Waals surface area contributed by atoms with Crippen molar-refractivity contribution in [1.29, 1.82) is 0 Å². The SMILES string of the molecule is CN(C)[C@@H]1C(=O)C(C(N)=O)C(=O)[C@@]2(O)C(=O)C3C(=O)c4c(O)ccc(-c5ccc6c(c5)CCC6)c4C[C@H]3C[C@@H]12. The molecule has 9 heteroatoms. The van der Waals surface area contributed by atoms with Gasteiger partial charge in [-0.25, -0.2) is 0 Å². The van der Waals surface area contributed by atoms with Crippen molar-refractivity contribution in [2.24, 2.45) is 29.4 Å². The van der Waals surface area contributed by atoms with Gasteiger partial charge in [-0.15, -0.1) is 0 Å². The Morgan fingerprint density at radius 2 is 1.74 bits per heavy atom. The first kappa shape index (κ1) is 25.6. The van der Waals surface area contributed by atoms with Crippen LogP contribution in [0.4, 0.5) is 0 Å². The summed E-state index contributed by atoms with van der Waals surface area (Å²) in [4.78, 5) is 68.0. The zero-order valence-corrected chi connectivity index (χ0v) is 21.8. The van der Waals surface area contributed by atoms with Crippen LogP contribution in [0.5, 0.6) is 5.75 Å². The molecule has 4 N–H and O–H groups in total. The number of rotatable bonds is 3. The molecule has 4 aliphatic rings. The molecule has 2 fully saturated rings. The van der Waals surface area contributed by atoms with E-state index in [0.717, 1.165) is 30.4 Å². The number of amides is 1. The largest absolute Gasteiger partial charge is 0.507 e. The number of phenols is 1. The van der Waals surface area contributed by atoms with Crippen molar-refractivity contribution in [2.75, 3.05) is 14.1 Å². The lowest BCUT2D eigenvalue weighted by atomic mass is 9.52. The first-order chi connectivity index (χ1) is 18.5. The number of likely N-dealkylation sites (N-methyl/N-ethyl adjacent to an activating group) is 1. The molecule has 9 nitrogen and oxygen atoms in total. The van der Waals surface area contributed by atoms with Crippen molar-refractivity contribution in [3.05, 3.63) is 52.6 Å². The smallest absolute Gasteiger partial charge is 0.235 e. The molecule has 2 unspecified atom stereocenters. The molecule has 0 aromatic heterocycles. The topological polar surface area (TPSA) is 155 Å². The van der Waals surface area contributed by atoms with Crippen LogP contribution in [-0.2, 0) is 38.4 Å². The van der Waals surface area contributed by atoms with E-state index in [1.54, 1.807) is 20.2 Å². The van der Waals surface area contributed by atoms with E-state index in [2.05, 4.69) is 12.1 Å². The Kier molecular flexibility index (Phi) is 5.68. The molecule has 39 heavy (non-hydrogen) atoms. The second-order valence-electron chi connectivity index (χ2n) is 11.6. The van der Waals surface area contributed by atoms with E-state index in [0.29, 0.717) is 5.56 Å². The fourth-order valence-corrected chi connectivity index (χ4v) is 7.61. The molecular formula is C30H30N2O7. The zero-order valence-electron chi connectivity index (χ0n) is 21.8. The maximum Gasteiger partial charge on any atom is 0.235 e. The average molecular weight is 531 g/mol. The number of aryl methyl sites for hydroxylation is 2. The van der Waals surface area contributed by atoms with Gasteiger partial charge in [-0.05, 0) is 86.0 Å². The van der Waals surface area contributed by atoms with Crippen molar-refractivity contribution in [3.63, 3.8) is 0 Å². The van der Waals surface area contributed by atoms with Gasteiger partial charge in [-0.2, -0.15) is 0 Å². The Morgan fingerprint density at radius 1 is 1.03 bits per heavy atom. The summed E-state index contributed by atoms with van der Waals surface area (Å²) in [6.07, 6.45) is 3.36. The summed E-state index contributed by atoms with van der Waals surface area (Å²) in [7, 11) is 3.14. The number of carbonyl (C=O) groups excluding carboxylic acids is 5. The summed E-state index contributed by atoms with van der Waals surface area (Å²) in [6.45, 7) is 0. The standard InChI is InChI=1S/C30H30N2O7/c1-32(2)24-19-12-16-11-18-17(15-7-6-13-4-3-5-14(13)10-15)8-9-20(33)22(18)25(34)21(16)27(36)30(19,39)28(37)23(26(24)35)29(31)38/h6-10,16,19,21,23-24,33,39H,3-5,11-12H2,1-2H3,(H2,31,38)/t16-,19-,21?,23?,24-,30-/m0/s1. The van der Waals surface area contributed by atoms with E-state index in [1.807, 2.05) is 6.07 Å². The van der Waals surface area contributed by atoms with Crippen LogP contribution in [0.3, 0.4) is 0 Å². The monoisotopic (exact) mass is 530 g/mol. The molecule has 4 aliphatic carbocycles. The second kappa shape index (κ2) is 8.66. The highest BCUT2D eigenvalue weighted by atomic mass is 16.3. The summed E-state index contributed by atoms with van der Waals surface area (Å²) in [5.41, 5.74) is 7.52. The van der Waals surface area contributed by atoms with Crippen LogP contribution in [0.2, 0.25) is 0 Å². The molecule has 0 spiro atoms. The number of benzene rings is 2. The number of hydrogen-bond donors (Lipinski definition) is 3. The highest BCUT2D eigenvalue weighted by Gasteiger charge is 2.69. The molecule has 6 rings (SSSR count). The third kappa shape index (κ3) is 3.42. The minimum absolute atomic E-state index is 0.0135. The molecule has 6 atom stereocenters. The van der Waals surface area contributed by atoms with Gasteiger partial charge in [0.15, 0.2) is 34.7 Å². The number of hydrogen-bond acceptors (Lipinski definition) is 8. The number of nitrogens with zero attached hydrogens (tertiary/aromatic N) is 1. The second-order valence-corrected chi connectivity index (χ2v) is 11.6. The lowest BCUT2D eigenvalue weighted by Crippen LogP contribution is -2.74. The van der Waals surface area contributed by atoms with Gasteiger partial charge in [0, 0.05) is 5.92 Å². The summed E-state index contributed by atoms with van der Waals surface area (Å²) in [6, 6.07) is 8.29. The molecule has 0 saturated heterocycles. The van der Waals surface area contributed by atoms with Crippen LogP contribution in [0.15, 0.2) is 30.3 Å². The number of aromatic hydroxyl groups is 1. The lowest BCUT2D eigenvalue weighted by Gasteiger charge is -2.52. The van der Waals surface area contributed by atoms with Crippen LogP contribution in [0.25, 0.3) is 11.1 Å². The molecule has 2 saturated carbocycles. The molecule has 0 heterocycles. The minimum Gasteiger partial charge on any atom is -0.507 e. The molecule has 1 amide bonds. The Hall–Kier alpha value is -3.69. The van der Waals surface area contributed by atoms with Crippen LogP contribution in [0.1, 0.15) is 39.9 Å². The van der Waals surface area contributed by atoms with Crippen molar-refractivity contribution in [2.45, 2.75) is 43.7 Å². The number of primary amides is 1. The number of ketones is 4. The number of aliphatic hydroxyl groups is 1. The molecule has 2 aromatic carbocycles. The van der Waals surface area contributed by atoms with E-state index in [9.17, 15) is 34.2 Å². The van der Waals surface area contributed by atoms with E-state index in [1.165, 1.54) is 22.1 Å². The maximum atomic E-state index is 13.9. The Labute approximate surface area is 225 Å². The summed E-state index contributed by atoms with van der Waals surface area (Å²) in [5.74, 6) is -10.4. The Bertz CT molecular complexity index is 1490. The van der Waals surface area contributed by atoms with Crippen LogP contribution in [-0.4, -0.2) is 69.9 Å². The summed E-state index contributed by atoms with van der Waals surface area (Å²) < 4.78 is 0. The number of phenolic OH excluding ortho intramolecular Hbond substituents is 1. The predicted molar refractivity (Wildman–Crippen MR) is 139 cm³/mol. The van der Waals surface area contributed by atoms with Crippen LogP contribution >= 0.6 is 0 Å². The van der Waals surface area contributed by atoms with Gasteiger partial charge in [0.25, 0.3) is 0 Å². The third-order valence-electron chi connectivity index (χ3n) is 9.35.